The Morgan fingerprint density at radius 3 is 2.50 bits per heavy atom. The number of carbonyl (C=O) groups is 1. The summed E-state index contributed by atoms with van der Waals surface area (Å²) in [5.41, 5.74) is 3.50. The SMILES string of the molecule is CC(C)c1ccccc1Nc1nccc(C(=O)NCc2ccccc2)n1. The lowest BCUT2D eigenvalue weighted by atomic mass is 10.0. The number of amides is 1. The molecular weight excluding hydrogens is 324 g/mol. The number of para-hydroxylation sites is 1. The van der Waals surface area contributed by atoms with Crippen molar-refractivity contribution in [2.24, 2.45) is 0 Å². The molecule has 0 aliphatic heterocycles. The highest BCUT2D eigenvalue weighted by Gasteiger charge is 2.11. The van der Waals surface area contributed by atoms with Crippen LogP contribution >= 0.6 is 0 Å². The third-order valence-corrected chi connectivity index (χ3v) is 4.01. The van der Waals surface area contributed by atoms with E-state index < -0.39 is 0 Å². The molecule has 0 radical (unpaired) electrons. The van der Waals surface area contributed by atoms with Crippen molar-refractivity contribution < 1.29 is 4.79 Å². The quantitative estimate of drug-likeness (QED) is 0.699. The van der Waals surface area contributed by atoms with E-state index in [4.69, 9.17) is 0 Å². The second-order valence-electron chi connectivity index (χ2n) is 6.30. The highest BCUT2D eigenvalue weighted by molar-refractivity contribution is 5.92. The number of aromatic nitrogens is 2. The molecule has 0 saturated heterocycles. The third-order valence-electron chi connectivity index (χ3n) is 4.01. The van der Waals surface area contributed by atoms with E-state index in [9.17, 15) is 4.79 Å². The van der Waals surface area contributed by atoms with Crippen molar-refractivity contribution in [3.8, 4) is 0 Å². The molecule has 0 fully saturated rings. The van der Waals surface area contributed by atoms with Crippen molar-refractivity contribution in [3.05, 3.63) is 83.7 Å². The Hall–Kier alpha value is -3.21. The van der Waals surface area contributed by atoms with Crippen molar-refractivity contribution in [1.82, 2.24) is 15.3 Å². The van der Waals surface area contributed by atoms with Gasteiger partial charge in [-0.3, -0.25) is 4.79 Å². The Morgan fingerprint density at radius 2 is 1.73 bits per heavy atom. The standard InChI is InChI=1S/C21H22N4O/c1-15(2)17-10-6-7-11-18(17)24-21-22-13-12-19(25-21)20(26)23-14-16-8-4-3-5-9-16/h3-13,15H,14H2,1-2H3,(H,23,26)(H,22,24,25). The second kappa shape index (κ2) is 8.25. The minimum Gasteiger partial charge on any atom is -0.347 e. The van der Waals surface area contributed by atoms with Crippen molar-refractivity contribution >= 4 is 17.5 Å². The molecule has 2 N–H and O–H groups in total. The highest BCUT2D eigenvalue weighted by Crippen LogP contribution is 2.25. The summed E-state index contributed by atoms with van der Waals surface area (Å²) in [4.78, 5) is 20.9. The molecule has 0 atom stereocenters. The van der Waals surface area contributed by atoms with Crippen molar-refractivity contribution in [2.45, 2.75) is 26.3 Å². The van der Waals surface area contributed by atoms with Gasteiger partial charge in [-0.2, -0.15) is 0 Å². The van der Waals surface area contributed by atoms with E-state index in [1.165, 1.54) is 5.56 Å². The summed E-state index contributed by atoms with van der Waals surface area (Å²) in [6.07, 6.45) is 1.59. The predicted molar refractivity (Wildman–Crippen MR) is 103 cm³/mol. The fourth-order valence-electron chi connectivity index (χ4n) is 2.65. The summed E-state index contributed by atoms with van der Waals surface area (Å²) >= 11 is 0. The fourth-order valence-corrected chi connectivity index (χ4v) is 2.65. The van der Waals surface area contributed by atoms with Crippen LogP contribution in [-0.4, -0.2) is 15.9 Å². The normalized spacial score (nSPS) is 10.6. The molecule has 1 aromatic heterocycles. The van der Waals surface area contributed by atoms with Crippen LogP contribution in [0.3, 0.4) is 0 Å². The van der Waals surface area contributed by atoms with E-state index in [1.807, 2.05) is 48.5 Å². The van der Waals surface area contributed by atoms with Gasteiger partial charge in [0.2, 0.25) is 5.95 Å². The van der Waals surface area contributed by atoms with Gasteiger partial charge >= 0.3 is 0 Å². The van der Waals surface area contributed by atoms with E-state index >= 15 is 0 Å². The zero-order valence-electron chi connectivity index (χ0n) is 14.9. The van der Waals surface area contributed by atoms with Crippen LogP contribution in [0.4, 0.5) is 11.6 Å². The zero-order chi connectivity index (χ0) is 18.4. The molecule has 26 heavy (non-hydrogen) atoms. The van der Waals surface area contributed by atoms with Gasteiger partial charge in [-0.15, -0.1) is 0 Å². The number of hydrogen-bond donors (Lipinski definition) is 2. The number of nitrogens with zero attached hydrogens (tertiary/aromatic N) is 2. The number of rotatable bonds is 6. The second-order valence-corrected chi connectivity index (χ2v) is 6.30. The van der Waals surface area contributed by atoms with Crippen LogP contribution in [0.2, 0.25) is 0 Å². The first-order valence-electron chi connectivity index (χ1n) is 8.64. The summed E-state index contributed by atoms with van der Waals surface area (Å²) in [5.74, 6) is 0.554. The van der Waals surface area contributed by atoms with Crippen LogP contribution in [0.1, 0.15) is 41.4 Å². The summed E-state index contributed by atoms with van der Waals surface area (Å²) in [6.45, 7) is 4.73. The highest BCUT2D eigenvalue weighted by atomic mass is 16.1. The van der Waals surface area contributed by atoms with Gasteiger partial charge in [-0.05, 0) is 29.2 Å². The molecule has 2 aromatic carbocycles. The summed E-state index contributed by atoms with van der Waals surface area (Å²) in [6, 6.07) is 19.4. The first kappa shape index (κ1) is 17.6. The maximum atomic E-state index is 12.4. The monoisotopic (exact) mass is 346 g/mol. The van der Waals surface area contributed by atoms with Crippen LogP contribution in [0.5, 0.6) is 0 Å². The van der Waals surface area contributed by atoms with Gasteiger partial charge in [0, 0.05) is 18.4 Å². The summed E-state index contributed by atoms with van der Waals surface area (Å²) in [5, 5.41) is 6.10. The lowest BCUT2D eigenvalue weighted by molar-refractivity contribution is 0.0946. The molecule has 0 saturated carbocycles. The summed E-state index contributed by atoms with van der Waals surface area (Å²) < 4.78 is 0. The molecule has 5 heteroatoms. The Bertz CT molecular complexity index is 878. The average Bonchev–Trinajstić information content (AvgIpc) is 2.67. The molecule has 5 nitrogen and oxygen atoms in total. The smallest absolute Gasteiger partial charge is 0.270 e. The number of anilines is 2. The van der Waals surface area contributed by atoms with Crippen LogP contribution in [-0.2, 0) is 6.54 Å². The maximum Gasteiger partial charge on any atom is 0.270 e. The molecule has 1 heterocycles. The molecule has 0 aliphatic rings. The van der Waals surface area contributed by atoms with Crippen LogP contribution in [0.15, 0.2) is 66.9 Å². The van der Waals surface area contributed by atoms with Crippen molar-refractivity contribution in [3.63, 3.8) is 0 Å². The van der Waals surface area contributed by atoms with Gasteiger partial charge in [0.15, 0.2) is 0 Å². The van der Waals surface area contributed by atoms with Gasteiger partial charge in [-0.25, -0.2) is 9.97 Å². The maximum absolute atomic E-state index is 12.4. The average molecular weight is 346 g/mol. The first-order valence-corrected chi connectivity index (χ1v) is 8.64. The number of benzene rings is 2. The van der Waals surface area contributed by atoms with Crippen molar-refractivity contribution in [1.29, 1.82) is 0 Å². The Balaban J connectivity index is 1.71. The topological polar surface area (TPSA) is 66.9 Å². The molecule has 3 aromatic rings. The van der Waals surface area contributed by atoms with Crippen LogP contribution in [0, 0.1) is 0 Å². The Labute approximate surface area is 153 Å². The number of hydrogen-bond acceptors (Lipinski definition) is 4. The molecule has 132 valence electrons. The van der Waals surface area contributed by atoms with Gasteiger partial charge in [0.1, 0.15) is 5.69 Å². The molecule has 1 amide bonds. The van der Waals surface area contributed by atoms with Gasteiger partial charge < -0.3 is 10.6 Å². The molecular formula is C21H22N4O. The van der Waals surface area contributed by atoms with E-state index in [0.29, 0.717) is 24.1 Å². The van der Waals surface area contributed by atoms with Gasteiger partial charge in [-0.1, -0.05) is 62.4 Å². The van der Waals surface area contributed by atoms with E-state index in [0.717, 1.165) is 11.3 Å². The van der Waals surface area contributed by atoms with Crippen LogP contribution in [0.25, 0.3) is 0 Å². The zero-order valence-corrected chi connectivity index (χ0v) is 14.9. The lowest BCUT2D eigenvalue weighted by Crippen LogP contribution is -2.24. The fraction of sp³-hybridized carbons (Fsp3) is 0.190. The van der Waals surface area contributed by atoms with Gasteiger partial charge in [0.05, 0.1) is 0 Å². The number of nitrogens with one attached hydrogen (secondary N) is 2. The molecule has 0 aliphatic carbocycles. The van der Waals surface area contributed by atoms with Gasteiger partial charge in [0.25, 0.3) is 5.91 Å². The minimum atomic E-state index is -0.226. The first-order chi connectivity index (χ1) is 12.6. The number of carbonyl (C=O) groups excluding carboxylic acids is 1. The lowest BCUT2D eigenvalue weighted by Gasteiger charge is -2.13. The van der Waals surface area contributed by atoms with Crippen molar-refractivity contribution in [2.75, 3.05) is 5.32 Å². The third kappa shape index (κ3) is 4.45. The largest absolute Gasteiger partial charge is 0.347 e. The van der Waals surface area contributed by atoms with E-state index in [2.05, 4.69) is 40.5 Å². The Morgan fingerprint density at radius 1 is 1.00 bits per heavy atom. The van der Waals surface area contributed by atoms with E-state index in [1.54, 1.807) is 12.3 Å². The molecule has 0 bridgehead atoms. The predicted octanol–water partition coefficient (Wildman–Crippen LogP) is 4.27. The van der Waals surface area contributed by atoms with Crippen LogP contribution < -0.4 is 10.6 Å². The molecule has 3 rings (SSSR count). The van der Waals surface area contributed by atoms with E-state index in [-0.39, 0.29) is 5.91 Å². The molecule has 0 spiro atoms. The summed E-state index contributed by atoms with van der Waals surface area (Å²) in [7, 11) is 0. The molecule has 0 unspecified atom stereocenters. The minimum absolute atomic E-state index is 0.226. The Kier molecular flexibility index (Phi) is 5.59.